The fraction of sp³-hybridized carbons (Fsp3) is 0.500. The zero-order valence-corrected chi connectivity index (χ0v) is 11.6. The van der Waals surface area contributed by atoms with E-state index in [4.69, 9.17) is 9.47 Å². The van der Waals surface area contributed by atoms with Crippen LogP contribution in [0, 0.1) is 0 Å². The Kier molecular flexibility index (Phi) is 3.40. The van der Waals surface area contributed by atoms with Gasteiger partial charge in [-0.2, -0.15) is 0 Å². The van der Waals surface area contributed by atoms with E-state index in [9.17, 15) is 4.79 Å². The molecule has 106 valence electrons. The lowest BCUT2D eigenvalue weighted by atomic mass is 9.99. The molecule has 6 heteroatoms. The quantitative estimate of drug-likeness (QED) is 0.799. The van der Waals surface area contributed by atoms with Crippen molar-refractivity contribution in [3.05, 3.63) is 29.7 Å². The molecule has 2 atom stereocenters. The van der Waals surface area contributed by atoms with E-state index < -0.39 is 0 Å². The van der Waals surface area contributed by atoms with Gasteiger partial charge in [-0.1, -0.05) is 6.92 Å². The van der Waals surface area contributed by atoms with Crippen molar-refractivity contribution in [1.29, 1.82) is 0 Å². The number of ether oxygens (including phenoxy) is 2. The fourth-order valence-electron chi connectivity index (χ4n) is 2.75. The summed E-state index contributed by atoms with van der Waals surface area (Å²) < 4.78 is 12.3. The Morgan fingerprint density at radius 2 is 2.35 bits per heavy atom. The molecule has 0 aromatic carbocycles. The van der Waals surface area contributed by atoms with Gasteiger partial charge in [0.15, 0.2) is 5.65 Å². The summed E-state index contributed by atoms with van der Waals surface area (Å²) >= 11 is 0. The van der Waals surface area contributed by atoms with Gasteiger partial charge in [0.25, 0.3) is 0 Å². The SMILES string of the molecule is CCC1OCCC1c1nnc2ccc(C(=O)OC)cn12. The number of fused-ring (bicyclic) bond motifs is 1. The van der Waals surface area contributed by atoms with Gasteiger partial charge in [-0.15, -0.1) is 10.2 Å². The lowest BCUT2D eigenvalue weighted by molar-refractivity contribution is 0.0600. The summed E-state index contributed by atoms with van der Waals surface area (Å²) in [6.07, 6.45) is 3.78. The first-order valence-corrected chi connectivity index (χ1v) is 6.79. The van der Waals surface area contributed by atoms with E-state index in [2.05, 4.69) is 17.1 Å². The van der Waals surface area contributed by atoms with Crippen molar-refractivity contribution in [2.45, 2.75) is 31.8 Å². The number of methoxy groups -OCH3 is 1. The van der Waals surface area contributed by atoms with Gasteiger partial charge < -0.3 is 9.47 Å². The van der Waals surface area contributed by atoms with Gasteiger partial charge in [0, 0.05) is 18.7 Å². The molecule has 1 saturated heterocycles. The van der Waals surface area contributed by atoms with E-state index in [1.807, 2.05) is 4.40 Å². The number of aromatic nitrogens is 3. The fourth-order valence-corrected chi connectivity index (χ4v) is 2.75. The highest BCUT2D eigenvalue weighted by molar-refractivity contribution is 5.89. The minimum atomic E-state index is -0.360. The summed E-state index contributed by atoms with van der Waals surface area (Å²) in [4.78, 5) is 11.6. The summed E-state index contributed by atoms with van der Waals surface area (Å²) in [6, 6.07) is 3.47. The Morgan fingerprint density at radius 1 is 1.50 bits per heavy atom. The third kappa shape index (κ3) is 2.06. The molecule has 2 unspecified atom stereocenters. The number of carbonyl (C=O) groups excluding carboxylic acids is 1. The van der Waals surface area contributed by atoms with E-state index >= 15 is 0 Å². The van der Waals surface area contributed by atoms with Crippen LogP contribution in [0.15, 0.2) is 18.3 Å². The summed E-state index contributed by atoms with van der Waals surface area (Å²) in [7, 11) is 1.37. The van der Waals surface area contributed by atoms with Crippen molar-refractivity contribution in [3.63, 3.8) is 0 Å². The number of nitrogens with zero attached hydrogens (tertiary/aromatic N) is 3. The van der Waals surface area contributed by atoms with Crippen LogP contribution in [0.25, 0.3) is 5.65 Å². The Bertz CT molecular complexity index is 638. The van der Waals surface area contributed by atoms with E-state index in [-0.39, 0.29) is 18.0 Å². The maximum atomic E-state index is 11.6. The van der Waals surface area contributed by atoms with Gasteiger partial charge in [0.2, 0.25) is 0 Å². The maximum Gasteiger partial charge on any atom is 0.339 e. The highest BCUT2D eigenvalue weighted by Gasteiger charge is 2.32. The molecular formula is C14H17N3O3. The first-order chi connectivity index (χ1) is 9.74. The van der Waals surface area contributed by atoms with Crippen LogP contribution >= 0.6 is 0 Å². The molecule has 0 aliphatic carbocycles. The van der Waals surface area contributed by atoms with Crippen LogP contribution in [0.4, 0.5) is 0 Å². The Labute approximate surface area is 116 Å². The molecule has 1 fully saturated rings. The van der Waals surface area contributed by atoms with E-state index in [0.29, 0.717) is 5.56 Å². The molecule has 6 nitrogen and oxygen atoms in total. The van der Waals surface area contributed by atoms with Gasteiger partial charge in [0.1, 0.15) is 5.82 Å². The molecule has 2 aromatic heterocycles. The highest BCUT2D eigenvalue weighted by Crippen LogP contribution is 2.32. The molecule has 1 aliphatic rings. The first kappa shape index (κ1) is 13.1. The summed E-state index contributed by atoms with van der Waals surface area (Å²) in [5.41, 5.74) is 1.22. The van der Waals surface area contributed by atoms with E-state index in [1.54, 1.807) is 18.3 Å². The Hall–Kier alpha value is -1.95. The molecule has 0 spiro atoms. The third-order valence-electron chi connectivity index (χ3n) is 3.79. The summed E-state index contributed by atoms with van der Waals surface area (Å²) in [5.74, 6) is 0.722. The molecule has 20 heavy (non-hydrogen) atoms. The predicted octanol–water partition coefficient (Wildman–Crippen LogP) is 1.80. The molecule has 0 saturated carbocycles. The molecule has 2 aromatic rings. The molecule has 3 rings (SSSR count). The topological polar surface area (TPSA) is 65.7 Å². The van der Waals surface area contributed by atoms with Crippen molar-refractivity contribution in [2.24, 2.45) is 0 Å². The molecule has 3 heterocycles. The second-order valence-corrected chi connectivity index (χ2v) is 4.91. The van der Waals surface area contributed by atoms with E-state index in [0.717, 1.165) is 30.9 Å². The van der Waals surface area contributed by atoms with Crippen LogP contribution < -0.4 is 0 Å². The molecule has 0 amide bonds. The molecular weight excluding hydrogens is 258 g/mol. The minimum Gasteiger partial charge on any atom is -0.465 e. The molecule has 1 aliphatic heterocycles. The zero-order valence-electron chi connectivity index (χ0n) is 11.6. The number of hydrogen-bond acceptors (Lipinski definition) is 5. The standard InChI is InChI=1S/C14H17N3O3/c1-3-11-10(6-7-20-11)13-16-15-12-5-4-9(8-17(12)13)14(18)19-2/h4-5,8,10-11H,3,6-7H2,1-2H3. The van der Waals surface area contributed by atoms with Crippen molar-refractivity contribution >= 4 is 11.6 Å². The number of hydrogen-bond donors (Lipinski definition) is 0. The van der Waals surface area contributed by atoms with Gasteiger partial charge in [-0.05, 0) is 25.0 Å². The smallest absolute Gasteiger partial charge is 0.339 e. The van der Waals surface area contributed by atoms with Crippen LogP contribution in [0.2, 0.25) is 0 Å². The molecule has 0 radical (unpaired) electrons. The zero-order chi connectivity index (χ0) is 14.1. The van der Waals surface area contributed by atoms with Crippen LogP contribution in [-0.2, 0) is 9.47 Å². The largest absolute Gasteiger partial charge is 0.465 e. The second-order valence-electron chi connectivity index (χ2n) is 4.91. The lowest BCUT2D eigenvalue weighted by Crippen LogP contribution is -2.16. The second kappa shape index (κ2) is 5.20. The summed E-state index contributed by atoms with van der Waals surface area (Å²) in [5, 5.41) is 8.45. The van der Waals surface area contributed by atoms with Crippen molar-refractivity contribution in [2.75, 3.05) is 13.7 Å². The number of esters is 1. The lowest BCUT2D eigenvalue weighted by Gasteiger charge is -2.15. The minimum absolute atomic E-state index is 0.171. The first-order valence-electron chi connectivity index (χ1n) is 6.79. The van der Waals surface area contributed by atoms with Crippen molar-refractivity contribution in [3.8, 4) is 0 Å². The number of carbonyl (C=O) groups is 1. The molecule has 0 N–H and O–H groups in total. The predicted molar refractivity (Wildman–Crippen MR) is 71.7 cm³/mol. The van der Waals surface area contributed by atoms with Crippen LogP contribution in [0.1, 0.15) is 41.9 Å². The monoisotopic (exact) mass is 275 g/mol. The van der Waals surface area contributed by atoms with Crippen molar-refractivity contribution in [1.82, 2.24) is 14.6 Å². The van der Waals surface area contributed by atoms with E-state index in [1.165, 1.54) is 7.11 Å². The highest BCUT2D eigenvalue weighted by atomic mass is 16.5. The van der Waals surface area contributed by atoms with Crippen LogP contribution in [0.3, 0.4) is 0 Å². The third-order valence-corrected chi connectivity index (χ3v) is 3.79. The van der Waals surface area contributed by atoms with Gasteiger partial charge >= 0.3 is 5.97 Å². The average Bonchev–Trinajstić information content (AvgIpc) is 3.11. The van der Waals surface area contributed by atoms with Gasteiger partial charge in [0.05, 0.1) is 18.8 Å². The Morgan fingerprint density at radius 3 is 3.10 bits per heavy atom. The number of pyridine rings is 1. The summed E-state index contributed by atoms with van der Waals surface area (Å²) in [6.45, 7) is 2.85. The number of rotatable bonds is 3. The van der Waals surface area contributed by atoms with Gasteiger partial charge in [-0.25, -0.2) is 4.79 Å². The Balaban J connectivity index is 2.05. The molecule has 0 bridgehead atoms. The van der Waals surface area contributed by atoms with Crippen LogP contribution in [0.5, 0.6) is 0 Å². The average molecular weight is 275 g/mol. The maximum absolute atomic E-state index is 11.6. The normalized spacial score (nSPS) is 22.3. The van der Waals surface area contributed by atoms with Crippen LogP contribution in [-0.4, -0.2) is 40.4 Å². The van der Waals surface area contributed by atoms with Crippen molar-refractivity contribution < 1.29 is 14.3 Å². The van der Waals surface area contributed by atoms with Gasteiger partial charge in [-0.3, -0.25) is 4.40 Å².